The predicted octanol–water partition coefficient (Wildman–Crippen LogP) is 2.74. The molecular formula is C10H7BrFNO. The average molecular weight is 256 g/mol. The molecule has 0 fully saturated rings. The number of halogens is 2. The minimum Gasteiger partial charge on any atom is -0.360 e. The summed E-state index contributed by atoms with van der Waals surface area (Å²) in [6, 6.07) is 2.95. The van der Waals surface area contributed by atoms with Crippen LogP contribution in [0.1, 0.15) is 5.56 Å². The van der Waals surface area contributed by atoms with Gasteiger partial charge in [-0.2, -0.15) is 0 Å². The Hall–Kier alpha value is -1.16. The molecule has 1 heterocycles. The van der Waals surface area contributed by atoms with Crippen LogP contribution in [-0.4, -0.2) is 4.98 Å². The molecular weight excluding hydrogens is 249 g/mol. The van der Waals surface area contributed by atoms with E-state index in [9.17, 15) is 9.18 Å². The molecule has 1 aromatic carbocycles. The van der Waals surface area contributed by atoms with Crippen molar-refractivity contribution >= 4 is 26.8 Å². The van der Waals surface area contributed by atoms with Crippen LogP contribution in [0.4, 0.5) is 4.39 Å². The quantitative estimate of drug-likeness (QED) is 0.772. The number of fused-ring (bicyclic) bond motifs is 1. The largest absolute Gasteiger partial charge is 0.360 e. The van der Waals surface area contributed by atoms with E-state index >= 15 is 0 Å². The predicted molar refractivity (Wildman–Crippen MR) is 57.0 cm³/mol. The van der Waals surface area contributed by atoms with Gasteiger partial charge in [0, 0.05) is 6.20 Å². The number of aromatic amines is 1. The number of hydrogen-bond acceptors (Lipinski definition) is 1. The summed E-state index contributed by atoms with van der Waals surface area (Å²) in [6.45, 7) is 1.83. The highest BCUT2D eigenvalue weighted by molar-refractivity contribution is 9.10. The molecule has 14 heavy (non-hydrogen) atoms. The summed E-state index contributed by atoms with van der Waals surface area (Å²) < 4.78 is 13.7. The number of H-pyrrole nitrogens is 1. The number of nitrogens with one attached hydrogen (secondary N) is 1. The summed E-state index contributed by atoms with van der Waals surface area (Å²) in [5.74, 6) is -0.492. The van der Waals surface area contributed by atoms with Crippen molar-refractivity contribution in [2.45, 2.75) is 6.92 Å². The molecule has 2 nitrogen and oxygen atoms in total. The fourth-order valence-corrected chi connectivity index (χ4v) is 1.72. The number of aromatic nitrogens is 1. The highest BCUT2D eigenvalue weighted by Gasteiger charge is 2.09. The van der Waals surface area contributed by atoms with Crippen molar-refractivity contribution in [3.05, 3.63) is 44.4 Å². The van der Waals surface area contributed by atoms with Crippen molar-refractivity contribution < 1.29 is 4.39 Å². The van der Waals surface area contributed by atoms with Crippen molar-refractivity contribution in [3.8, 4) is 0 Å². The molecule has 2 rings (SSSR count). The van der Waals surface area contributed by atoms with Crippen LogP contribution in [-0.2, 0) is 0 Å². The van der Waals surface area contributed by atoms with Crippen LogP contribution in [0.5, 0.6) is 0 Å². The summed E-state index contributed by atoms with van der Waals surface area (Å²) in [5.41, 5.74) is 1.09. The van der Waals surface area contributed by atoms with E-state index in [2.05, 4.69) is 20.9 Å². The highest BCUT2D eigenvalue weighted by Crippen LogP contribution is 2.17. The van der Waals surface area contributed by atoms with Crippen molar-refractivity contribution in [3.63, 3.8) is 0 Å². The Morgan fingerprint density at radius 3 is 2.86 bits per heavy atom. The molecule has 0 bridgehead atoms. The first-order valence-electron chi connectivity index (χ1n) is 4.07. The maximum atomic E-state index is 13.4. The molecule has 1 aromatic heterocycles. The summed E-state index contributed by atoms with van der Waals surface area (Å²) in [5, 5.41) is 0.111. The van der Waals surface area contributed by atoms with Crippen molar-refractivity contribution in [2.24, 2.45) is 0 Å². The van der Waals surface area contributed by atoms with Gasteiger partial charge in [-0.15, -0.1) is 0 Å². The van der Waals surface area contributed by atoms with Gasteiger partial charge in [0.15, 0.2) is 0 Å². The Morgan fingerprint density at radius 1 is 1.43 bits per heavy atom. The van der Waals surface area contributed by atoms with Gasteiger partial charge in [0.1, 0.15) is 5.82 Å². The van der Waals surface area contributed by atoms with Crippen LogP contribution in [0.25, 0.3) is 10.9 Å². The minimum absolute atomic E-state index is 0.111. The van der Waals surface area contributed by atoms with Gasteiger partial charge in [0.2, 0.25) is 5.43 Å². The van der Waals surface area contributed by atoms with Gasteiger partial charge >= 0.3 is 0 Å². The van der Waals surface area contributed by atoms with Crippen molar-refractivity contribution in [1.29, 1.82) is 0 Å². The average Bonchev–Trinajstić information content (AvgIpc) is 2.16. The van der Waals surface area contributed by atoms with Crippen LogP contribution >= 0.6 is 15.9 Å². The Bertz CT molecular complexity index is 562. The van der Waals surface area contributed by atoms with E-state index in [0.29, 0.717) is 9.99 Å². The van der Waals surface area contributed by atoms with E-state index in [1.54, 1.807) is 6.07 Å². The number of hydrogen-bond donors (Lipinski definition) is 1. The van der Waals surface area contributed by atoms with E-state index < -0.39 is 5.82 Å². The molecule has 0 radical (unpaired) electrons. The van der Waals surface area contributed by atoms with Gasteiger partial charge in [0.25, 0.3) is 0 Å². The molecule has 0 aliphatic carbocycles. The molecule has 1 N–H and O–H groups in total. The fourth-order valence-electron chi connectivity index (χ4n) is 1.41. The van der Waals surface area contributed by atoms with Gasteiger partial charge in [0.05, 0.1) is 15.4 Å². The zero-order valence-electron chi connectivity index (χ0n) is 7.40. The van der Waals surface area contributed by atoms with E-state index in [1.165, 1.54) is 12.3 Å². The normalized spacial score (nSPS) is 10.8. The van der Waals surface area contributed by atoms with Gasteiger partial charge < -0.3 is 4.98 Å². The van der Waals surface area contributed by atoms with Gasteiger partial charge in [-0.3, -0.25) is 4.79 Å². The Balaban J connectivity index is 3.09. The van der Waals surface area contributed by atoms with Crippen LogP contribution in [0.3, 0.4) is 0 Å². The zero-order chi connectivity index (χ0) is 10.3. The summed E-state index contributed by atoms with van der Waals surface area (Å²) in [7, 11) is 0. The fraction of sp³-hybridized carbons (Fsp3) is 0.100. The molecule has 0 aliphatic heterocycles. The molecule has 0 amide bonds. The molecule has 0 spiro atoms. The van der Waals surface area contributed by atoms with E-state index in [1.807, 2.05) is 6.92 Å². The lowest BCUT2D eigenvalue weighted by atomic mass is 10.1. The third-order valence-corrected chi connectivity index (χ3v) is 2.74. The lowest BCUT2D eigenvalue weighted by Gasteiger charge is -2.02. The second-order valence-corrected chi connectivity index (χ2v) is 3.93. The maximum Gasteiger partial charge on any atom is 0.206 e. The Labute approximate surface area is 87.9 Å². The molecule has 2 aromatic rings. The molecule has 0 saturated carbocycles. The first-order chi connectivity index (χ1) is 6.61. The third kappa shape index (κ3) is 1.26. The van der Waals surface area contributed by atoms with Gasteiger partial charge in [-0.05, 0) is 34.5 Å². The second-order valence-electron chi connectivity index (χ2n) is 3.08. The molecule has 0 atom stereocenters. The van der Waals surface area contributed by atoms with Crippen LogP contribution < -0.4 is 5.43 Å². The third-order valence-electron chi connectivity index (χ3n) is 2.15. The number of aryl methyl sites for hydroxylation is 1. The molecule has 0 saturated heterocycles. The number of rotatable bonds is 0. The summed E-state index contributed by atoms with van der Waals surface area (Å²) in [6.07, 6.45) is 1.52. The lowest BCUT2D eigenvalue weighted by Crippen LogP contribution is -2.06. The molecule has 4 heteroatoms. The van der Waals surface area contributed by atoms with Gasteiger partial charge in [-0.1, -0.05) is 6.07 Å². The lowest BCUT2D eigenvalue weighted by molar-refractivity contribution is 0.638. The topological polar surface area (TPSA) is 32.9 Å². The zero-order valence-corrected chi connectivity index (χ0v) is 8.98. The van der Waals surface area contributed by atoms with E-state index in [4.69, 9.17) is 0 Å². The number of pyridine rings is 1. The highest BCUT2D eigenvalue weighted by atomic mass is 79.9. The van der Waals surface area contributed by atoms with Crippen LogP contribution in [0.2, 0.25) is 0 Å². The standard InChI is InChI=1S/C10H7BrFNO/c1-5-2-3-7(12)8-9(5)13-4-6(11)10(8)14/h2-4H,1H3,(H,13,14). The second kappa shape index (κ2) is 3.20. The Kier molecular flexibility index (Phi) is 2.15. The maximum absolute atomic E-state index is 13.4. The molecule has 72 valence electrons. The SMILES string of the molecule is Cc1ccc(F)c2c(=O)c(Br)c[nH]c12. The van der Waals surface area contributed by atoms with Crippen LogP contribution in [0, 0.1) is 12.7 Å². The van der Waals surface area contributed by atoms with Crippen molar-refractivity contribution in [1.82, 2.24) is 4.98 Å². The first-order valence-corrected chi connectivity index (χ1v) is 4.86. The van der Waals surface area contributed by atoms with E-state index in [0.717, 1.165) is 5.56 Å². The summed E-state index contributed by atoms with van der Waals surface area (Å²) >= 11 is 3.06. The Morgan fingerprint density at radius 2 is 2.14 bits per heavy atom. The first kappa shape index (κ1) is 9.40. The number of benzene rings is 1. The molecule has 0 aliphatic rings. The smallest absolute Gasteiger partial charge is 0.206 e. The van der Waals surface area contributed by atoms with E-state index in [-0.39, 0.29) is 10.8 Å². The minimum atomic E-state index is -0.492. The van der Waals surface area contributed by atoms with Crippen molar-refractivity contribution in [2.75, 3.05) is 0 Å². The summed E-state index contributed by atoms with van der Waals surface area (Å²) in [4.78, 5) is 14.5. The van der Waals surface area contributed by atoms with Crippen LogP contribution in [0.15, 0.2) is 27.6 Å². The van der Waals surface area contributed by atoms with Gasteiger partial charge in [-0.25, -0.2) is 4.39 Å². The monoisotopic (exact) mass is 255 g/mol. The molecule has 0 unspecified atom stereocenters.